The van der Waals surface area contributed by atoms with Crippen molar-refractivity contribution in [1.82, 2.24) is 4.72 Å². The highest BCUT2D eigenvalue weighted by Gasteiger charge is 2.08. The van der Waals surface area contributed by atoms with Crippen molar-refractivity contribution >= 4 is 15.9 Å². The van der Waals surface area contributed by atoms with Crippen LogP contribution in [0.3, 0.4) is 0 Å². The van der Waals surface area contributed by atoms with Crippen molar-refractivity contribution in [3.05, 3.63) is 0 Å². The van der Waals surface area contributed by atoms with Crippen LogP contribution in [0, 0.1) is 0 Å². The Kier molecular flexibility index (Phi) is 8.73. The van der Waals surface area contributed by atoms with E-state index in [1.165, 1.54) is 0 Å². The lowest BCUT2D eigenvalue weighted by Crippen LogP contribution is -2.29. The molecule has 0 unspecified atom stereocenters. The monoisotopic (exact) mass is 267 g/mol. The van der Waals surface area contributed by atoms with Gasteiger partial charge in [-0.05, 0) is 19.8 Å². The first-order chi connectivity index (χ1) is 8.02. The van der Waals surface area contributed by atoms with Gasteiger partial charge in [0.2, 0.25) is 10.0 Å². The van der Waals surface area contributed by atoms with E-state index in [0.717, 1.165) is 0 Å². The molecule has 0 aliphatic rings. The van der Waals surface area contributed by atoms with E-state index >= 15 is 0 Å². The molecular formula is C9H21N3O4S. The van der Waals surface area contributed by atoms with Crippen LogP contribution in [0.15, 0.2) is 5.16 Å². The second kappa shape index (κ2) is 9.20. The molecule has 0 saturated heterocycles. The van der Waals surface area contributed by atoms with Gasteiger partial charge < -0.3 is 15.7 Å². The van der Waals surface area contributed by atoms with Gasteiger partial charge in [0.05, 0.1) is 12.4 Å². The second-order valence-corrected chi connectivity index (χ2v) is 5.38. The normalized spacial score (nSPS) is 12.9. The quantitative estimate of drug-likeness (QED) is 0.167. The minimum Gasteiger partial charge on any atom is -0.409 e. The van der Waals surface area contributed by atoms with Crippen LogP contribution in [0.1, 0.15) is 26.2 Å². The molecule has 0 aromatic rings. The predicted molar refractivity (Wildman–Crippen MR) is 65.5 cm³/mol. The highest BCUT2D eigenvalue weighted by atomic mass is 32.2. The van der Waals surface area contributed by atoms with Crippen molar-refractivity contribution in [3.8, 4) is 0 Å². The van der Waals surface area contributed by atoms with E-state index in [1.54, 1.807) is 0 Å². The van der Waals surface area contributed by atoms with Crippen molar-refractivity contribution in [1.29, 1.82) is 0 Å². The van der Waals surface area contributed by atoms with Gasteiger partial charge in [-0.1, -0.05) is 5.16 Å². The number of sulfonamides is 1. The molecule has 17 heavy (non-hydrogen) atoms. The standard InChI is InChI=1S/C9H21N3O4S/c1-2-16-7-8-17(14,15)11-6-4-3-5-9(10)12-13/h11,13H,2-8H2,1H3,(H2,10,12). The van der Waals surface area contributed by atoms with E-state index in [0.29, 0.717) is 32.4 Å². The highest BCUT2D eigenvalue weighted by molar-refractivity contribution is 7.89. The Labute approximate surface area is 102 Å². The lowest BCUT2D eigenvalue weighted by atomic mass is 10.2. The third kappa shape index (κ3) is 10.0. The Morgan fingerprint density at radius 3 is 2.76 bits per heavy atom. The molecule has 0 aliphatic heterocycles. The molecule has 0 aliphatic carbocycles. The molecule has 0 rings (SSSR count). The fraction of sp³-hybridized carbons (Fsp3) is 0.889. The van der Waals surface area contributed by atoms with E-state index in [4.69, 9.17) is 15.7 Å². The maximum absolute atomic E-state index is 11.4. The van der Waals surface area contributed by atoms with E-state index < -0.39 is 10.0 Å². The molecule has 0 aromatic carbocycles. The van der Waals surface area contributed by atoms with Crippen molar-refractivity contribution < 1.29 is 18.4 Å². The summed E-state index contributed by atoms with van der Waals surface area (Å²) in [6, 6.07) is 0. The second-order valence-electron chi connectivity index (χ2n) is 3.46. The topological polar surface area (TPSA) is 114 Å². The fourth-order valence-electron chi connectivity index (χ4n) is 1.09. The lowest BCUT2D eigenvalue weighted by molar-refractivity contribution is 0.163. The number of unbranched alkanes of at least 4 members (excludes halogenated alkanes) is 1. The Morgan fingerprint density at radius 2 is 2.18 bits per heavy atom. The molecule has 0 aromatic heterocycles. The molecule has 102 valence electrons. The number of nitrogens with one attached hydrogen (secondary N) is 1. The molecule has 7 nitrogen and oxygen atoms in total. The molecule has 0 amide bonds. The van der Waals surface area contributed by atoms with Crippen LogP contribution < -0.4 is 10.5 Å². The van der Waals surface area contributed by atoms with Crippen LogP contribution in [0.5, 0.6) is 0 Å². The van der Waals surface area contributed by atoms with Crippen LogP contribution in [-0.4, -0.2) is 45.0 Å². The number of ether oxygens (including phenoxy) is 1. The SMILES string of the molecule is CCOCCS(=O)(=O)NCCCCC(N)=NO. The summed E-state index contributed by atoms with van der Waals surface area (Å²) in [7, 11) is -3.25. The number of hydrogen-bond acceptors (Lipinski definition) is 5. The number of hydrogen-bond donors (Lipinski definition) is 3. The van der Waals surface area contributed by atoms with Crippen LogP contribution in [-0.2, 0) is 14.8 Å². The number of oxime groups is 1. The van der Waals surface area contributed by atoms with Gasteiger partial charge in [0.1, 0.15) is 5.84 Å². The molecule has 0 fully saturated rings. The maximum Gasteiger partial charge on any atom is 0.213 e. The highest BCUT2D eigenvalue weighted by Crippen LogP contribution is 1.95. The molecule has 0 heterocycles. The zero-order valence-corrected chi connectivity index (χ0v) is 10.9. The average Bonchev–Trinajstić information content (AvgIpc) is 2.28. The number of nitrogens with zero attached hydrogens (tertiary/aromatic N) is 1. The van der Waals surface area contributed by atoms with Crippen LogP contribution in [0.25, 0.3) is 0 Å². The minimum absolute atomic E-state index is 0.0267. The molecular weight excluding hydrogens is 246 g/mol. The van der Waals surface area contributed by atoms with Crippen molar-refractivity contribution in [2.75, 3.05) is 25.5 Å². The van der Waals surface area contributed by atoms with Gasteiger partial charge in [-0.2, -0.15) is 0 Å². The minimum atomic E-state index is -3.25. The first kappa shape index (κ1) is 16.1. The smallest absolute Gasteiger partial charge is 0.213 e. The number of amidine groups is 1. The van der Waals surface area contributed by atoms with E-state index in [9.17, 15) is 8.42 Å². The zero-order valence-electron chi connectivity index (χ0n) is 10.1. The molecule has 0 spiro atoms. The Balaban J connectivity index is 3.59. The van der Waals surface area contributed by atoms with Crippen LogP contribution >= 0.6 is 0 Å². The third-order valence-electron chi connectivity index (χ3n) is 2.01. The summed E-state index contributed by atoms with van der Waals surface area (Å²) in [5.41, 5.74) is 5.27. The number of rotatable bonds is 10. The summed E-state index contributed by atoms with van der Waals surface area (Å²) in [6.07, 6.45) is 1.77. The Bertz CT molecular complexity index is 316. The zero-order chi connectivity index (χ0) is 13.1. The lowest BCUT2D eigenvalue weighted by Gasteiger charge is -2.06. The molecule has 0 atom stereocenters. The van der Waals surface area contributed by atoms with Gasteiger partial charge in [-0.15, -0.1) is 0 Å². The largest absolute Gasteiger partial charge is 0.409 e. The summed E-state index contributed by atoms with van der Waals surface area (Å²) in [5, 5.41) is 11.1. The summed E-state index contributed by atoms with van der Waals surface area (Å²) in [6.45, 7) is 2.88. The first-order valence-electron chi connectivity index (χ1n) is 5.53. The van der Waals surface area contributed by atoms with E-state index in [2.05, 4.69) is 9.88 Å². The predicted octanol–water partition coefficient (Wildman–Crippen LogP) is -0.141. The molecule has 0 saturated carbocycles. The molecule has 0 bridgehead atoms. The van der Waals surface area contributed by atoms with Crippen LogP contribution in [0.4, 0.5) is 0 Å². The van der Waals surface area contributed by atoms with E-state index in [-0.39, 0.29) is 18.2 Å². The van der Waals surface area contributed by atoms with Gasteiger partial charge in [0.15, 0.2) is 0 Å². The summed E-state index contributed by atoms with van der Waals surface area (Å²) < 4.78 is 30.2. The molecule has 8 heteroatoms. The van der Waals surface area contributed by atoms with Crippen molar-refractivity contribution in [2.24, 2.45) is 10.9 Å². The summed E-state index contributed by atoms with van der Waals surface area (Å²) in [4.78, 5) is 0. The van der Waals surface area contributed by atoms with Gasteiger partial charge >= 0.3 is 0 Å². The van der Waals surface area contributed by atoms with Gasteiger partial charge in [-0.3, -0.25) is 0 Å². The third-order valence-corrected chi connectivity index (χ3v) is 3.36. The average molecular weight is 267 g/mol. The molecule has 4 N–H and O–H groups in total. The van der Waals surface area contributed by atoms with E-state index in [1.807, 2.05) is 6.92 Å². The Morgan fingerprint density at radius 1 is 1.47 bits per heavy atom. The van der Waals surface area contributed by atoms with Gasteiger partial charge in [-0.25, -0.2) is 13.1 Å². The van der Waals surface area contributed by atoms with Crippen molar-refractivity contribution in [3.63, 3.8) is 0 Å². The Hall–Kier alpha value is -0.860. The summed E-state index contributed by atoms with van der Waals surface area (Å²) in [5.74, 6) is 0.130. The molecule has 0 radical (unpaired) electrons. The van der Waals surface area contributed by atoms with Crippen LogP contribution in [0.2, 0.25) is 0 Å². The first-order valence-corrected chi connectivity index (χ1v) is 7.18. The number of nitrogens with two attached hydrogens (primary N) is 1. The maximum atomic E-state index is 11.4. The van der Waals surface area contributed by atoms with Gasteiger partial charge in [0, 0.05) is 19.6 Å². The summed E-state index contributed by atoms with van der Waals surface area (Å²) >= 11 is 0. The van der Waals surface area contributed by atoms with Crippen molar-refractivity contribution in [2.45, 2.75) is 26.2 Å². The fourth-order valence-corrected chi connectivity index (χ4v) is 2.03. The van der Waals surface area contributed by atoms with Gasteiger partial charge in [0.25, 0.3) is 0 Å².